The van der Waals surface area contributed by atoms with Gasteiger partial charge in [0.15, 0.2) is 0 Å². The summed E-state index contributed by atoms with van der Waals surface area (Å²) in [6, 6.07) is 7.93. The summed E-state index contributed by atoms with van der Waals surface area (Å²) >= 11 is 0. The van der Waals surface area contributed by atoms with Gasteiger partial charge in [0.2, 0.25) is 11.8 Å². The Labute approximate surface area is 186 Å². The van der Waals surface area contributed by atoms with Crippen LogP contribution in [0.4, 0.5) is 11.4 Å². The number of carbonyl (C=O) groups excluding carboxylic acids is 2. The molecule has 2 amide bonds. The van der Waals surface area contributed by atoms with Crippen molar-refractivity contribution in [2.75, 3.05) is 36.4 Å². The molecular weight excluding hydrogens is 411 g/mol. The molecule has 164 valence electrons. The van der Waals surface area contributed by atoms with E-state index in [9.17, 15) is 9.59 Å². The minimum absolute atomic E-state index is 0. The van der Waals surface area contributed by atoms with E-state index >= 15 is 0 Å². The molecule has 0 aliphatic carbocycles. The average molecular weight is 445 g/mol. The lowest BCUT2D eigenvalue weighted by Crippen LogP contribution is -2.39. The van der Waals surface area contributed by atoms with Crippen LogP contribution in [0.1, 0.15) is 39.0 Å². The summed E-state index contributed by atoms with van der Waals surface area (Å²) in [4.78, 5) is 26.3. The topological polar surface area (TPSA) is 87.5 Å². The summed E-state index contributed by atoms with van der Waals surface area (Å²) < 4.78 is 0. The first-order valence-electron chi connectivity index (χ1n) is 10.2. The number of nitrogens with two attached hydrogens (primary N) is 1. The molecule has 2 aliphatic heterocycles. The zero-order valence-corrected chi connectivity index (χ0v) is 18.7. The van der Waals surface area contributed by atoms with Crippen LogP contribution in [0.15, 0.2) is 24.3 Å². The third kappa shape index (κ3) is 7.05. The second-order valence-corrected chi connectivity index (χ2v) is 8.02. The zero-order chi connectivity index (χ0) is 19.2. The van der Waals surface area contributed by atoms with Crippen LogP contribution in [0, 0.1) is 17.8 Å². The van der Waals surface area contributed by atoms with Gasteiger partial charge in [-0.05, 0) is 62.7 Å². The van der Waals surface area contributed by atoms with Gasteiger partial charge in [-0.2, -0.15) is 0 Å². The number of piperidine rings is 2. The van der Waals surface area contributed by atoms with Crippen molar-refractivity contribution < 1.29 is 9.59 Å². The number of para-hydroxylation sites is 2. The number of benzene rings is 1. The average Bonchev–Trinajstić information content (AvgIpc) is 2.69. The minimum Gasteiger partial charge on any atom is -0.370 e. The first kappa shape index (κ1) is 25.5. The highest BCUT2D eigenvalue weighted by Gasteiger charge is 2.25. The van der Waals surface area contributed by atoms with Crippen LogP contribution >= 0.6 is 24.8 Å². The second-order valence-electron chi connectivity index (χ2n) is 8.02. The molecule has 4 N–H and O–H groups in total. The molecular formula is C21H34Cl2N4O2. The van der Waals surface area contributed by atoms with E-state index in [4.69, 9.17) is 5.73 Å². The smallest absolute Gasteiger partial charge is 0.224 e. The second kappa shape index (κ2) is 12.3. The Balaban J connectivity index is 0.00000210. The quantitative estimate of drug-likeness (QED) is 0.628. The van der Waals surface area contributed by atoms with Gasteiger partial charge in [0.1, 0.15) is 0 Å². The highest BCUT2D eigenvalue weighted by atomic mass is 35.5. The summed E-state index contributed by atoms with van der Waals surface area (Å²) in [5, 5.41) is 6.55. The van der Waals surface area contributed by atoms with Gasteiger partial charge in [0, 0.05) is 25.4 Å². The summed E-state index contributed by atoms with van der Waals surface area (Å²) in [5.74, 6) is 0.784. The van der Waals surface area contributed by atoms with E-state index < -0.39 is 0 Å². The molecule has 6 nitrogen and oxygen atoms in total. The predicted octanol–water partition coefficient (Wildman–Crippen LogP) is 3.20. The Hall–Kier alpha value is -1.50. The van der Waals surface area contributed by atoms with Crippen LogP contribution in [-0.4, -0.2) is 38.0 Å². The van der Waals surface area contributed by atoms with Crippen LogP contribution in [0.2, 0.25) is 0 Å². The van der Waals surface area contributed by atoms with E-state index in [1.807, 2.05) is 24.3 Å². The Bertz CT molecular complexity index is 660. The highest BCUT2D eigenvalue weighted by Crippen LogP contribution is 2.30. The van der Waals surface area contributed by atoms with Gasteiger partial charge in [-0.3, -0.25) is 9.59 Å². The maximum atomic E-state index is 12.6. The number of hydrogen-bond donors (Lipinski definition) is 3. The molecule has 2 saturated heterocycles. The fourth-order valence-corrected chi connectivity index (χ4v) is 4.28. The monoisotopic (exact) mass is 444 g/mol. The molecule has 2 heterocycles. The number of anilines is 2. The fraction of sp³-hybridized carbons (Fsp3) is 0.619. The molecule has 0 aromatic heterocycles. The molecule has 0 radical (unpaired) electrons. The maximum Gasteiger partial charge on any atom is 0.224 e. The lowest BCUT2D eigenvalue weighted by molar-refractivity contribution is -0.122. The normalized spacial score (nSPS) is 20.7. The molecule has 0 spiro atoms. The largest absolute Gasteiger partial charge is 0.370 e. The van der Waals surface area contributed by atoms with Gasteiger partial charge in [-0.1, -0.05) is 19.1 Å². The van der Waals surface area contributed by atoms with Crippen LogP contribution in [0.3, 0.4) is 0 Å². The van der Waals surface area contributed by atoms with Gasteiger partial charge >= 0.3 is 0 Å². The SMILES string of the molecule is CC(CC(=O)Nc1ccccc1N1CCC(C(N)=O)CC1)C1CCCNC1.Cl.Cl. The Morgan fingerprint density at radius 2 is 1.90 bits per heavy atom. The number of nitrogens with one attached hydrogen (secondary N) is 2. The van der Waals surface area contributed by atoms with Crippen molar-refractivity contribution in [3.05, 3.63) is 24.3 Å². The van der Waals surface area contributed by atoms with Gasteiger partial charge in [-0.25, -0.2) is 0 Å². The number of halogens is 2. The molecule has 2 fully saturated rings. The molecule has 3 rings (SSSR count). The van der Waals surface area contributed by atoms with Crippen molar-refractivity contribution in [1.82, 2.24) is 5.32 Å². The van der Waals surface area contributed by atoms with Crippen LogP contribution in [-0.2, 0) is 9.59 Å². The predicted molar refractivity (Wildman–Crippen MR) is 123 cm³/mol. The Kier molecular flexibility index (Phi) is 10.8. The summed E-state index contributed by atoms with van der Waals surface area (Å²) in [6.45, 7) is 5.85. The molecule has 0 saturated carbocycles. The number of hydrogen-bond acceptors (Lipinski definition) is 4. The maximum absolute atomic E-state index is 12.6. The van der Waals surface area contributed by atoms with Crippen molar-refractivity contribution in [2.45, 2.75) is 39.0 Å². The number of nitrogens with zero attached hydrogens (tertiary/aromatic N) is 1. The lowest BCUT2D eigenvalue weighted by Gasteiger charge is -2.33. The molecule has 2 atom stereocenters. The zero-order valence-electron chi connectivity index (χ0n) is 17.1. The van der Waals surface area contributed by atoms with Crippen LogP contribution in [0.25, 0.3) is 0 Å². The van der Waals surface area contributed by atoms with E-state index in [1.165, 1.54) is 12.8 Å². The fourth-order valence-electron chi connectivity index (χ4n) is 4.28. The van der Waals surface area contributed by atoms with Gasteiger partial charge < -0.3 is 21.3 Å². The molecule has 29 heavy (non-hydrogen) atoms. The Morgan fingerprint density at radius 3 is 2.52 bits per heavy atom. The molecule has 0 bridgehead atoms. The lowest BCUT2D eigenvalue weighted by atomic mass is 9.85. The first-order valence-corrected chi connectivity index (χ1v) is 10.2. The van der Waals surface area contributed by atoms with E-state index in [0.29, 0.717) is 18.3 Å². The number of amides is 2. The molecule has 8 heteroatoms. The van der Waals surface area contributed by atoms with Gasteiger partial charge in [0.05, 0.1) is 11.4 Å². The summed E-state index contributed by atoms with van der Waals surface area (Å²) in [7, 11) is 0. The first-order chi connectivity index (χ1) is 13.0. The van der Waals surface area contributed by atoms with Crippen LogP contribution < -0.4 is 21.3 Å². The standard InChI is InChI=1S/C21H32N4O2.2ClH/c1-15(17-5-4-10-23-14-17)13-20(26)24-18-6-2-3-7-19(18)25-11-8-16(9-12-25)21(22)27;;/h2-3,6-7,15-17,23H,4-5,8-14H2,1H3,(H2,22,27)(H,24,26);2*1H. The van der Waals surface area contributed by atoms with Crippen molar-refractivity contribution in [1.29, 1.82) is 0 Å². The van der Waals surface area contributed by atoms with Crippen molar-refractivity contribution >= 4 is 48.0 Å². The Morgan fingerprint density at radius 1 is 1.21 bits per heavy atom. The third-order valence-corrected chi connectivity index (χ3v) is 6.06. The molecule has 1 aromatic rings. The third-order valence-electron chi connectivity index (χ3n) is 6.06. The number of rotatable bonds is 6. The molecule has 1 aromatic carbocycles. The van der Waals surface area contributed by atoms with Crippen molar-refractivity contribution in [3.8, 4) is 0 Å². The van der Waals surface area contributed by atoms with Gasteiger partial charge in [-0.15, -0.1) is 24.8 Å². The molecule has 2 aliphatic rings. The van der Waals surface area contributed by atoms with E-state index in [-0.39, 0.29) is 42.5 Å². The summed E-state index contributed by atoms with van der Waals surface area (Å²) in [6.07, 6.45) is 4.48. The highest BCUT2D eigenvalue weighted by molar-refractivity contribution is 5.94. The van der Waals surface area contributed by atoms with E-state index in [0.717, 1.165) is 50.4 Å². The van der Waals surface area contributed by atoms with Crippen molar-refractivity contribution in [2.24, 2.45) is 23.5 Å². The van der Waals surface area contributed by atoms with E-state index in [1.54, 1.807) is 0 Å². The number of primary amides is 1. The number of carbonyl (C=O) groups is 2. The van der Waals surface area contributed by atoms with Gasteiger partial charge in [0.25, 0.3) is 0 Å². The minimum atomic E-state index is -0.206. The molecule has 2 unspecified atom stereocenters. The van der Waals surface area contributed by atoms with Crippen LogP contribution in [0.5, 0.6) is 0 Å². The van der Waals surface area contributed by atoms with Crippen molar-refractivity contribution in [3.63, 3.8) is 0 Å². The summed E-state index contributed by atoms with van der Waals surface area (Å²) in [5.41, 5.74) is 7.32. The van der Waals surface area contributed by atoms with E-state index in [2.05, 4.69) is 22.5 Å².